The Morgan fingerprint density at radius 2 is 1.92 bits per heavy atom. The smallest absolute Gasteiger partial charge is 0.410 e. The van der Waals surface area contributed by atoms with Crippen LogP contribution in [0.15, 0.2) is 12.4 Å². The van der Waals surface area contributed by atoms with Gasteiger partial charge in [-0.2, -0.15) is 0 Å². The second-order valence-corrected chi connectivity index (χ2v) is 6.46. The van der Waals surface area contributed by atoms with Crippen molar-refractivity contribution in [1.29, 1.82) is 0 Å². The van der Waals surface area contributed by atoms with Gasteiger partial charge in [-0.25, -0.2) is 9.78 Å². The molecule has 1 saturated heterocycles. The van der Waals surface area contributed by atoms with Gasteiger partial charge in [-0.15, -0.1) is 10.2 Å². The first-order chi connectivity index (χ1) is 11.7. The Kier molecular flexibility index (Phi) is 3.95. The molecule has 0 radical (unpaired) electrons. The molecule has 2 aliphatic rings. The first kappa shape index (κ1) is 15.2. The molecule has 2 aromatic rings. The molecule has 0 aromatic carbocycles. The van der Waals surface area contributed by atoms with Crippen LogP contribution in [0.3, 0.4) is 0 Å². The van der Waals surface area contributed by atoms with Crippen molar-refractivity contribution >= 4 is 17.6 Å². The minimum absolute atomic E-state index is 0.116. The molecule has 3 heterocycles. The van der Waals surface area contributed by atoms with Crippen LogP contribution in [0.1, 0.15) is 31.5 Å². The number of amides is 1. The molecule has 0 bridgehead atoms. The summed E-state index contributed by atoms with van der Waals surface area (Å²) in [6, 6.07) is 0. The topological polar surface area (TPSA) is 75.9 Å². The first-order valence-electron chi connectivity index (χ1n) is 8.59. The van der Waals surface area contributed by atoms with Gasteiger partial charge >= 0.3 is 6.09 Å². The van der Waals surface area contributed by atoms with Gasteiger partial charge < -0.3 is 14.5 Å². The van der Waals surface area contributed by atoms with E-state index in [1.807, 2.05) is 17.5 Å². The molecule has 1 saturated carbocycles. The predicted molar refractivity (Wildman–Crippen MR) is 88.0 cm³/mol. The number of ether oxygens (including phenoxy) is 1. The van der Waals surface area contributed by atoms with Crippen molar-refractivity contribution in [2.24, 2.45) is 0 Å². The molecule has 1 amide bonds. The Hall–Kier alpha value is -2.38. The van der Waals surface area contributed by atoms with Crippen molar-refractivity contribution in [2.45, 2.75) is 38.7 Å². The van der Waals surface area contributed by atoms with E-state index < -0.39 is 0 Å². The Morgan fingerprint density at radius 1 is 1.17 bits per heavy atom. The molecule has 1 aliphatic heterocycles. The standard InChI is InChI=1S/C16H22N6O2/c1-12-18-19-15-14(17-6-7-22(12)15)20-8-10-21(11-9-20)16(23)24-13-4-2-3-5-13/h6-7,13H,2-5,8-11H2,1H3. The van der Waals surface area contributed by atoms with E-state index >= 15 is 0 Å². The molecule has 8 heteroatoms. The molecule has 2 fully saturated rings. The number of nitrogens with zero attached hydrogens (tertiary/aromatic N) is 6. The Balaban J connectivity index is 1.41. The van der Waals surface area contributed by atoms with E-state index in [0.29, 0.717) is 13.1 Å². The average Bonchev–Trinajstić information content (AvgIpc) is 3.25. The minimum Gasteiger partial charge on any atom is -0.446 e. The van der Waals surface area contributed by atoms with Gasteiger partial charge in [-0.1, -0.05) is 0 Å². The zero-order valence-corrected chi connectivity index (χ0v) is 13.9. The largest absolute Gasteiger partial charge is 0.446 e. The van der Waals surface area contributed by atoms with Crippen LogP contribution in [0.4, 0.5) is 10.6 Å². The fourth-order valence-corrected chi connectivity index (χ4v) is 3.48. The molecule has 128 valence electrons. The third-order valence-electron chi connectivity index (χ3n) is 4.89. The fraction of sp³-hybridized carbons (Fsp3) is 0.625. The molecular formula is C16H22N6O2. The summed E-state index contributed by atoms with van der Waals surface area (Å²) in [6.45, 7) is 4.64. The van der Waals surface area contributed by atoms with Crippen molar-refractivity contribution in [3.05, 3.63) is 18.2 Å². The summed E-state index contributed by atoms with van der Waals surface area (Å²) in [4.78, 5) is 20.7. The number of aromatic nitrogens is 4. The molecule has 4 rings (SSSR count). The third-order valence-corrected chi connectivity index (χ3v) is 4.89. The molecule has 0 atom stereocenters. The van der Waals surface area contributed by atoms with Crippen LogP contribution in [-0.4, -0.2) is 62.9 Å². The highest BCUT2D eigenvalue weighted by atomic mass is 16.6. The summed E-state index contributed by atoms with van der Waals surface area (Å²) >= 11 is 0. The van der Waals surface area contributed by atoms with Gasteiger partial charge in [0.1, 0.15) is 11.9 Å². The van der Waals surface area contributed by atoms with Crippen LogP contribution in [0.2, 0.25) is 0 Å². The number of anilines is 1. The van der Waals surface area contributed by atoms with Crippen LogP contribution in [-0.2, 0) is 4.74 Å². The van der Waals surface area contributed by atoms with E-state index in [1.165, 1.54) is 12.8 Å². The summed E-state index contributed by atoms with van der Waals surface area (Å²) in [7, 11) is 0. The summed E-state index contributed by atoms with van der Waals surface area (Å²) in [5, 5.41) is 8.33. The molecule has 0 unspecified atom stereocenters. The maximum absolute atomic E-state index is 12.3. The van der Waals surface area contributed by atoms with Gasteiger partial charge in [0, 0.05) is 38.6 Å². The van der Waals surface area contributed by atoms with Gasteiger partial charge in [0.2, 0.25) is 5.65 Å². The zero-order chi connectivity index (χ0) is 16.5. The van der Waals surface area contributed by atoms with Crippen molar-refractivity contribution < 1.29 is 9.53 Å². The molecule has 8 nitrogen and oxygen atoms in total. The van der Waals surface area contributed by atoms with Gasteiger partial charge in [0.15, 0.2) is 5.82 Å². The van der Waals surface area contributed by atoms with Crippen LogP contribution < -0.4 is 4.90 Å². The van der Waals surface area contributed by atoms with Gasteiger partial charge in [-0.3, -0.25) is 4.40 Å². The number of fused-ring (bicyclic) bond motifs is 1. The summed E-state index contributed by atoms with van der Waals surface area (Å²) in [5.74, 6) is 1.66. The third kappa shape index (κ3) is 2.76. The lowest BCUT2D eigenvalue weighted by atomic mass is 10.3. The van der Waals surface area contributed by atoms with Crippen LogP contribution in [0.25, 0.3) is 5.65 Å². The SMILES string of the molecule is Cc1nnc2c(N3CCN(C(=O)OC4CCCC4)CC3)nccn12. The van der Waals surface area contributed by atoms with Gasteiger partial charge in [0.25, 0.3) is 0 Å². The van der Waals surface area contributed by atoms with E-state index in [2.05, 4.69) is 20.1 Å². The lowest BCUT2D eigenvalue weighted by Gasteiger charge is -2.35. The maximum Gasteiger partial charge on any atom is 0.410 e. The maximum atomic E-state index is 12.3. The minimum atomic E-state index is -0.175. The van der Waals surface area contributed by atoms with Crippen molar-refractivity contribution in [2.75, 3.05) is 31.1 Å². The lowest BCUT2D eigenvalue weighted by molar-refractivity contribution is 0.0639. The highest BCUT2D eigenvalue weighted by Crippen LogP contribution is 2.23. The summed E-state index contributed by atoms with van der Waals surface area (Å²) < 4.78 is 7.53. The highest BCUT2D eigenvalue weighted by Gasteiger charge is 2.27. The number of carbonyl (C=O) groups is 1. The van der Waals surface area contributed by atoms with Crippen LogP contribution in [0, 0.1) is 6.92 Å². The summed E-state index contributed by atoms with van der Waals surface area (Å²) in [6.07, 6.45) is 7.91. The summed E-state index contributed by atoms with van der Waals surface area (Å²) in [5.41, 5.74) is 0.761. The quantitative estimate of drug-likeness (QED) is 0.833. The second-order valence-electron chi connectivity index (χ2n) is 6.46. The van der Waals surface area contributed by atoms with Crippen LogP contribution in [0.5, 0.6) is 0 Å². The monoisotopic (exact) mass is 330 g/mol. The van der Waals surface area contributed by atoms with E-state index in [1.54, 1.807) is 11.1 Å². The molecular weight excluding hydrogens is 308 g/mol. The lowest BCUT2D eigenvalue weighted by Crippen LogP contribution is -2.49. The van der Waals surface area contributed by atoms with E-state index in [-0.39, 0.29) is 12.2 Å². The number of carbonyl (C=O) groups excluding carboxylic acids is 1. The fourth-order valence-electron chi connectivity index (χ4n) is 3.48. The molecule has 1 aliphatic carbocycles. The average molecular weight is 330 g/mol. The zero-order valence-electron chi connectivity index (χ0n) is 13.9. The Bertz CT molecular complexity index is 731. The normalized spacial score (nSPS) is 19.2. The number of aryl methyl sites for hydroxylation is 1. The second kappa shape index (κ2) is 6.26. The number of rotatable bonds is 2. The number of hydrogen-bond acceptors (Lipinski definition) is 6. The molecule has 24 heavy (non-hydrogen) atoms. The van der Waals surface area contributed by atoms with Crippen molar-refractivity contribution in [1.82, 2.24) is 24.5 Å². The number of piperazine rings is 1. The Morgan fingerprint density at radius 3 is 2.67 bits per heavy atom. The van der Waals surface area contributed by atoms with E-state index in [4.69, 9.17) is 4.74 Å². The first-order valence-corrected chi connectivity index (χ1v) is 8.59. The highest BCUT2D eigenvalue weighted by molar-refractivity contribution is 5.69. The predicted octanol–water partition coefficient (Wildman–Crippen LogP) is 1.63. The van der Waals surface area contributed by atoms with Gasteiger partial charge in [0.05, 0.1) is 0 Å². The van der Waals surface area contributed by atoms with Crippen molar-refractivity contribution in [3.8, 4) is 0 Å². The van der Waals surface area contributed by atoms with E-state index in [9.17, 15) is 4.79 Å². The Labute approximate surface area is 140 Å². The molecule has 0 N–H and O–H groups in total. The van der Waals surface area contributed by atoms with E-state index in [0.717, 1.165) is 43.2 Å². The molecule has 2 aromatic heterocycles. The van der Waals surface area contributed by atoms with Crippen molar-refractivity contribution in [3.63, 3.8) is 0 Å². The number of hydrogen-bond donors (Lipinski definition) is 0. The van der Waals surface area contributed by atoms with Gasteiger partial charge in [-0.05, 0) is 32.6 Å². The molecule has 0 spiro atoms. The van der Waals surface area contributed by atoms with Crippen LogP contribution >= 0.6 is 0 Å².